The van der Waals surface area contributed by atoms with E-state index in [0.29, 0.717) is 6.54 Å². The Balaban J connectivity index is 2.28. The highest BCUT2D eigenvalue weighted by molar-refractivity contribution is 5.82. The summed E-state index contributed by atoms with van der Waals surface area (Å²) in [5.41, 5.74) is 6.46. The highest BCUT2D eigenvalue weighted by Gasteiger charge is 2.37. The molecule has 1 aromatic rings. The van der Waals surface area contributed by atoms with Gasteiger partial charge in [0.15, 0.2) is 0 Å². The van der Waals surface area contributed by atoms with Crippen LogP contribution in [0, 0.1) is 5.41 Å². The molecule has 1 amide bonds. The zero-order valence-electron chi connectivity index (χ0n) is 12.7. The van der Waals surface area contributed by atoms with E-state index in [1.165, 1.54) is 5.56 Å². The number of likely N-dealkylation sites (N-methyl/N-ethyl adjacent to an activating group) is 1. The van der Waals surface area contributed by atoms with E-state index in [9.17, 15) is 4.79 Å². The molecule has 1 unspecified atom stereocenters. The monoisotopic (exact) mass is 275 g/mol. The first-order valence-corrected chi connectivity index (χ1v) is 7.20. The molecule has 2 rings (SSSR count). The maximum Gasteiger partial charge on any atom is 0.230 e. The van der Waals surface area contributed by atoms with Crippen LogP contribution in [0.25, 0.3) is 0 Å². The predicted molar refractivity (Wildman–Crippen MR) is 81.2 cm³/mol. The molecule has 1 aromatic carbocycles. The molecular formula is C16H25N3O. The summed E-state index contributed by atoms with van der Waals surface area (Å²) < 4.78 is 0. The van der Waals surface area contributed by atoms with Gasteiger partial charge in [0.2, 0.25) is 5.91 Å². The van der Waals surface area contributed by atoms with Crippen LogP contribution in [-0.2, 0) is 4.79 Å². The lowest BCUT2D eigenvalue weighted by Crippen LogP contribution is -2.54. The summed E-state index contributed by atoms with van der Waals surface area (Å²) in [6, 6.07) is 10.4. The Labute approximate surface area is 121 Å². The normalized spacial score (nSPS) is 21.0. The molecular weight excluding hydrogens is 250 g/mol. The minimum atomic E-state index is -0.497. The molecule has 1 atom stereocenters. The van der Waals surface area contributed by atoms with Crippen LogP contribution in [0.1, 0.15) is 25.5 Å². The Bertz CT molecular complexity index is 458. The fourth-order valence-electron chi connectivity index (χ4n) is 2.60. The second-order valence-electron chi connectivity index (χ2n) is 6.28. The highest BCUT2D eigenvalue weighted by atomic mass is 16.2. The first kappa shape index (κ1) is 15.0. The van der Waals surface area contributed by atoms with Crippen molar-refractivity contribution in [1.29, 1.82) is 0 Å². The second kappa shape index (κ2) is 5.94. The Morgan fingerprint density at radius 3 is 2.55 bits per heavy atom. The number of carbonyl (C=O) groups excluding carboxylic acids is 1. The minimum Gasteiger partial charge on any atom is -0.333 e. The Morgan fingerprint density at radius 1 is 1.30 bits per heavy atom. The Kier molecular flexibility index (Phi) is 4.45. The molecule has 0 bridgehead atoms. The molecule has 110 valence electrons. The average Bonchev–Trinajstić information content (AvgIpc) is 2.47. The van der Waals surface area contributed by atoms with Crippen LogP contribution in [0.3, 0.4) is 0 Å². The van der Waals surface area contributed by atoms with Gasteiger partial charge in [-0.1, -0.05) is 30.3 Å². The van der Waals surface area contributed by atoms with Gasteiger partial charge in [0, 0.05) is 26.2 Å². The number of piperazine rings is 1. The molecule has 0 saturated carbocycles. The fraction of sp³-hybridized carbons (Fsp3) is 0.562. The number of hydrogen-bond acceptors (Lipinski definition) is 3. The third-order valence-corrected chi connectivity index (χ3v) is 4.12. The van der Waals surface area contributed by atoms with Gasteiger partial charge in [0.25, 0.3) is 0 Å². The van der Waals surface area contributed by atoms with Gasteiger partial charge in [-0.25, -0.2) is 0 Å². The van der Waals surface area contributed by atoms with E-state index in [4.69, 9.17) is 5.73 Å². The first-order valence-electron chi connectivity index (χ1n) is 7.20. The third kappa shape index (κ3) is 3.02. The molecule has 4 heteroatoms. The minimum absolute atomic E-state index is 0.119. The lowest BCUT2D eigenvalue weighted by atomic mass is 9.89. The van der Waals surface area contributed by atoms with Gasteiger partial charge < -0.3 is 15.5 Å². The lowest BCUT2D eigenvalue weighted by molar-refractivity contribution is -0.145. The fourth-order valence-corrected chi connectivity index (χ4v) is 2.60. The van der Waals surface area contributed by atoms with Gasteiger partial charge in [0.1, 0.15) is 0 Å². The number of nitrogens with zero attached hydrogens (tertiary/aromatic N) is 2. The molecule has 1 heterocycles. The van der Waals surface area contributed by atoms with E-state index in [0.717, 1.165) is 19.6 Å². The lowest BCUT2D eigenvalue weighted by Gasteiger charge is -2.43. The first-order chi connectivity index (χ1) is 9.45. The zero-order valence-corrected chi connectivity index (χ0v) is 12.7. The van der Waals surface area contributed by atoms with Crippen LogP contribution >= 0.6 is 0 Å². The number of nitrogens with two attached hydrogens (primary N) is 1. The summed E-state index contributed by atoms with van der Waals surface area (Å²) in [6.07, 6.45) is 0. The Hall–Kier alpha value is -1.39. The van der Waals surface area contributed by atoms with Crippen molar-refractivity contribution in [3.05, 3.63) is 35.9 Å². The average molecular weight is 275 g/mol. The molecule has 1 aliphatic rings. The van der Waals surface area contributed by atoms with Crippen molar-refractivity contribution in [3.8, 4) is 0 Å². The second-order valence-corrected chi connectivity index (χ2v) is 6.28. The van der Waals surface area contributed by atoms with Crippen LogP contribution in [0.5, 0.6) is 0 Å². The largest absolute Gasteiger partial charge is 0.333 e. The number of benzene rings is 1. The highest BCUT2D eigenvalue weighted by Crippen LogP contribution is 2.29. The summed E-state index contributed by atoms with van der Waals surface area (Å²) in [6.45, 7) is 6.77. The van der Waals surface area contributed by atoms with Crippen molar-refractivity contribution < 1.29 is 4.79 Å². The van der Waals surface area contributed by atoms with Gasteiger partial charge in [0.05, 0.1) is 11.5 Å². The van der Waals surface area contributed by atoms with Gasteiger partial charge in [-0.3, -0.25) is 4.79 Å². The quantitative estimate of drug-likeness (QED) is 0.909. The number of carbonyl (C=O) groups is 1. The predicted octanol–water partition coefficient (Wildman–Crippen LogP) is 1.49. The van der Waals surface area contributed by atoms with Crippen molar-refractivity contribution in [1.82, 2.24) is 9.80 Å². The van der Waals surface area contributed by atoms with Crippen LogP contribution < -0.4 is 5.73 Å². The third-order valence-electron chi connectivity index (χ3n) is 4.12. The van der Waals surface area contributed by atoms with Crippen molar-refractivity contribution in [2.24, 2.45) is 11.1 Å². The van der Waals surface area contributed by atoms with Crippen LogP contribution in [0.2, 0.25) is 0 Å². The number of rotatable bonds is 3. The zero-order chi connectivity index (χ0) is 14.8. The molecule has 0 aromatic heterocycles. The summed E-state index contributed by atoms with van der Waals surface area (Å²) in [5.74, 6) is 0.155. The van der Waals surface area contributed by atoms with Crippen LogP contribution in [0.4, 0.5) is 0 Å². The van der Waals surface area contributed by atoms with E-state index >= 15 is 0 Å². The van der Waals surface area contributed by atoms with E-state index in [1.54, 1.807) is 0 Å². The SMILES string of the molecule is CN1CCN(C(=O)C(C)(C)CN)C(c2ccccc2)C1. The van der Waals surface area contributed by atoms with E-state index < -0.39 is 5.41 Å². The standard InChI is InChI=1S/C16H25N3O/c1-16(2,12-17)15(20)19-10-9-18(3)11-14(19)13-7-5-4-6-8-13/h4-8,14H,9-12,17H2,1-3H3. The molecule has 2 N–H and O–H groups in total. The summed E-state index contributed by atoms with van der Waals surface area (Å²) in [7, 11) is 2.10. The van der Waals surface area contributed by atoms with Crippen molar-refractivity contribution in [2.75, 3.05) is 33.2 Å². The van der Waals surface area contributed by atoms with Crippen molar-refractivity contribution in [2.45, 2.75) is 19.9 Å². The maximum atomic E-state index is 12.8. The summed E-state index contributed by atoms with van der Waals surface area (Å²) in [5, 5.41) is 0. The molecule has 0 aliphatic carbocycles. The number of hydrogen-bond donors (Lipinski definition) is 1. The van der Waals surface area contributed by atoms with Crippen LogP contribution in [0.15, 0.2) is 30.3 Å². The maximum absolute atomic E-state index is 12.8. The smallest absolute Gasteiger partial charge is 0.230 e. The molecule has 20 heavy (non-hydrogen) atoms. The summed E-state index contributed by atoms with van der Waals surface area (Å²) >= 11 is 0. The van der Waals surface area contributed by atoms with Gasteiger partial charge in [-0.2, -0.15) is 0 Å². The molecule has 1 saturated heterocycles. The van der Waals surface area contributed by atoms with E-state index in [2.05, 4.69) is 24.1 Å². The van der Waals surface area contributed by atoms with E-state index in [1.807, 2.05) is 36.9 Å². The van der Waals surface area contributed by atoms with Crippen LogP contribution in [-0.4, -0.2) is 48.9 Å². The van der Waals surface area contributed by atoms with E-state index in [-0.39, 0.29) is 11.9 Å². The molecule has 1 aliphatic heterocycles. The molecule has 1 fully saturated rings. The Morgan fingerprint density at radius 2 is 1.95 bits per heavy atom. The molecule has 4 nitrogen and oxygen atoms in total. The van der Waals surface area contributed by atoms with Crippen molar-refractivity contribution >= 4 is 5.91 Å². The van der Waals surface area contributed by atoms with Gasteiger partial charge in [-0.05, 0) is 26.5 Å². The van der Waals surface area contributed by atoms with Gasteiger partial charge in [-0.15, -0.1) is 0 Å². The molecule has 0 spiro atoms. The number of amides is 1. The summed E-state index contributed by atoms with van der Waals surface area (Å²) in [4.78, 5) is 17.0. The van der Waals surface area contributed by atoms with Crippen molar-refractivity contribution in [3.63, 3.8) is 0 Å². The topological polar surface area (TPSA) is 49.6 Å². The van der Waals surface area contributed by atoms with Gasteiger partial charge >= 0.3 is 0 Å². The molecule has 0 radical (unpaired) electrons.